The molecule has 3 atom stereocenters. The molecule has 0 aromatic carbocycles. The van der Waals surface area contributed by atoms with Crippen LogP contribution in [0.3, 0.4) is 0 Å². The lowest BCUT2D eigenvalue weighted by Crippen LogP contribution is -2.18. The zero-order valence-electron chi connectivity index (χ0n) is 9.41. The number of alkyl halides is 3. The molecular formula is C12H14F3NO. The molecule has 0 amide bonds. The second-order valence-corrected chi connectivity index (χ2v) is 4.57. The van der Waals surface area contributed by atoms with Gasteiger partial charge in [-0.25, -0.2) is 0 Å². The van der Waals surface area contributed by atoms with E-state index in [9.17, 15) is 18.3 Å². The van der Waals surface area contributed by atoms with E-state index >= 15 is 0 Å². The van der Waals surface area contributed by atoms with Crippen molar-refractivity contribution in [2.24, 2.45) is 5.92 Å². The molecular weight excluding hydrogens is 231 g/mol. The van der Waals surface area contributed by atoms with Gasteiger partial charge in [0.15, 0.2) is 0 Å². The van der Waals surface area contributed by atoms with Crippen LogP contribution < -0.4 is 0 Å². The van der Waals surface area contributed by atoms with Gasteiger partial charge in [0, 0.05) is 12.4 Å². The van der Waals surface area contributed by atoms with Gasteiger partial charge < -0.3 is 5.11 Å². The van der Waals surface area contributed by atoms with Gasteiger partial charge in [0.05, 0.1) is 11.7 Å². The van der Waals surface area contributed by atoms with Crippen LogP contribution in [0.25, 0.3) is 0 Å². The summed E-state index contributed by atoms with van der Waals surface area (Å²) in [6.07, 6.45) is -1.30. The molecule has 1 fully saturated rings. The van der Waals surface area contributed by atoms with E-state index in [1.54, 1.807) is 6.92 Å². The van der Waals surface area contributed by atoms with E-state index < -0.39 is 17.8 Å². The molecule has 1 saturated carbocycles. The van der Waals surface area contributed by atoms with Gasteiger partial charge in [0.25, 0.3) is 0 Å². The van der Waals surface area contributed by atoms with Crippen molar-refractivity contribution in [1.82, 2.24) is 4.98 Å². The summed E-state index contributed by atoms with van der Waals surface area (Å²) < 4.78 is 38.5. The van der Waals surface area contributed by atoms with Crippen LogP contribution in [-0.4, -0.2) is 16.2 Å². The number of rotatable bonds is 1. The molecule has 0 spiro atoms. The minimum Gasteiger partial charge on any atom is -0.393 e. The summed E-state index contributed by atoms with van der Waals surface area (Å²) in [7, 11) is 0. The summed E-state index contributed by atoms with van der Waals surface area (Å²) in [5.41, 5.74) is -0.414. The molecule has 1 aliphatic rings. The van der Waals surface area contributed by atoms with Crippen LogP contribution in [-0.2, 0) is 6.18 Å². The second kappa shape index (κ2) is 4.29. The summed E-state index contributed by atoms with van der Waals surface area (Å²) in [6, 6.07) is 1.01. The normalized spacial score (nSPS) is 29.6. The second-order valence-electron chi connectivity index (χ2n) is 4.57. The third kappa shape index (κ3) is 2.29. The topological polar surface area (TPSA) is 33.1 Å². The predicted octanol–water partition coefficient (Wildman–Crippen LogP) is 2.97. The lowest BCUT2D eigenvalue weighted by molar-refractivity contribution is -0.138. The van der Waals surface area contributed by atoms with Gasteiger partial charge in [-0.05, 0) is 36.3 Å². The van der Waals surface area contributed by atoms with Gasteiger partial charge in [0.1, 0.15) is 0 Å². The van der Waals surface area contributed by atoms with E-state index in [1.807, 2.05) is 0 Å². The van der Waals surface area contributed by atoms with Gasteiger partial charge in [0.2, 0.25) is 0 Å². The maximum atomic E-state index is 12.8. The highest BCUT2D eigenvalue weighted by atomic mass is 19.4. The van der Waals surface area contributed by atoms with Gasteiger partial charge in [-0.2, -0.15) is 13.2 Å². The lowest BCUT2D eigenvalue weighted by Gasteiger charge is -2.21. The first kappa shape index (κ1) is 12.4. The van der Waals surface area contributed by atoms with Gasteiger partial charge in [-0.3, -0.25) is 4.98 Å². The van der Waals surface area contributed by atoms with Crippen molar-refractivity contribution in [1.29, 1.82) is 0 Å². The number of hydrogen-bond acceptors (Lipinski definition) is 2. The van der Waals surface area contributed by atoms with Crippen molar-refractivity contribution in [3.8, 4) is 0 Å². The van der Waals surface area contributed by atoms with Crippen LogP contribution in [0.2, 0.25) is 0 Å². The molecule has 0 radical (unpaired) electrons. The summed E-state index contributed by atoms with van der Waals surface area (Å²) in [6.45, 7) is 1.79. The van der Waals surface area contributed by atoms with E-state index in [1.165, 1.54) is 6.20 Å². The molecule has 1 aromatic rings. The van der Waals surface area contributed by atoms with E-state index in [2.05, 4.69) is 4.98 Å². The average molecular weight is 245 g/mol. The zero-order valence-corrected chi connectivity index (χ0v) is 9.41. The molecule has 1 aliphatic carbocycles. The Hall–Kier alpha value is -1.10. The molecule has 2 rings (SSSR count). The lowest BCUT2D eigenvalue weighted by atomic mass is 9.87. The highest BCUT2D eigenvalue weighted by Gasteiger charge is 2.40. The largest absolute Gasteiger partial charge is 0.416 e. The number of nitrogens with zero attached hydrogens (tertiary/aromatic N) is 1. The van der Waals surface area contributed by atoms with Crippen LogP contribution in [0.4, 0.5) is 13.2 Å². The molecule has 2 nitrogen and oxygen atoms in total. The Morgan fingerprint density at radius 1 is 1.35 bits per heavy atom. The Bertz CT molecular complexity index is 405. The summed E-state index contributed by atoms with van der Waals surface area (Å²) in [4.78, 5) is 3.78. The number of aliphatic hydroxyl groups excluding tert-OH is 1. The fourth-order valence-corrected chi connectivity index (χ4v) is 2.54. The molecule has 0 bridgehead atoms. The van der Waals surface area contributed by atoms with Crippen molar-refractivity contribution in [2.45, 2.75) is 38.0 Å². The van der Waals surface area contributed by atoms with Crippen LogP contribution >= 0.6 is 0 Å². The SMILES string of the molecule is CC1C(O)CCC1c1cnccc1C(F)(F)F. The van der Waals surface area contributed by atoms with Gasteiger partial charge in [-0.15, -0.1) is 0 Å². The standard InChI is InChI=1S/C12H14F3NO/c1-7-8(2-3-11(7)17)9-6-16-5-4-10(9)12(13,14)15/h4-8,11,17H,2-3H2,1H3. The van der Waals surface area contributed by atoms with Crippen molar-refractivity contribution in [2.75, 3.05) is 0 Å². The quantitative estimate of drug-likeness (QED) is 0.825. The van der Waals surface area contributed by atoms with Gasteiger partial charge >= 0.3 is 6.18 Å². The van der Waals surface area contributed by atoms with E-state index in [0.29, 0.717) is 12.8 Å². The number of halogens is 3. The first-order valence-electron chi connectivity index (χ1n) is 5.60. The molecule has 1 aromatic heterocycles. The Morgan fingerprint density at radius 3 is 2.59 bits per heavy atom. The monoisotopic (exact) mass is 245 g/mol. The molecule has 3 unspecified atom stereocenters. The van der Waals surface area contributed by atoms with Crippen LogP contribution in [0, 0.1) is 5.92 Å². The highest BCUT2D eigenvalue weighted by Crippen LogP contribution is 2.44. The molecule has 1 heterocycles. The number of aromatic nitrogens is 1. The maximum absolute atomic E-state index is 12.8. The molecule has 5 heteroatoms. The third-order valence-corrected chi connectivity index (χ3v) is 3.57. The molecule has 0 aliphatic heterocycles. The Kier molecular flexibility index (Phi) is 3.12. The smallest absolute Gasteiger partial charge is 0.393 e. The van der Waals surface area contributed by atoms with Crippen LogP contribution in [0.1, 0.15) is 36.8 Å². The summed E-state index contributed by atoms with van der Waals surface area (Å²) >= 11 is 0. The fourth-order valence-electron chi connectivity index (χ4n) is 2.54. The van der Waals surface area contributed by atoms with E-state index in [0.717, 1.165) is 12.3 Å². The Morgan fingerprint density at radius 2 is 2.06 bits per heavy atom. The Balaban J connectivity index is 2.39. The average Bonchev–Trinajstić information content (AvgIpc) is 2.59. The number of hydrogen-bond donors (Lipinski definition) is 1. The Labute approximate surface area is 97.5 Å². The maximum Gasteiger partial charge on any atom is 0.416 e. The molecule has 0 saturated heterocycles. The molecule has 1 N–H and O–H groups in total. The van der Waals surface area contributed by atoms with Crippen molar-refractivity contribution in [3.63, 3.8) is 0 Å². The third-order valence-electron chi connectivity index (χ3n) is 3.57. The minimum atomic E-state index is -4.36. The predicted molar refractivity (Wildman–Crippen MR) is 56.4 cm³/mol. The van der Waals surface area contributed by atoms with Crippen LogP contribution in [0.5, 0.6) is 0 Å². The zero-order chi connectivity index (χ0) is 12.6. The molecule has 94 valence electrons. The van der Waals surface area contributed by atoms with Crippen molar-refractivity contribution in [3.05, 3.63) is 29.6 Å². The van der Waals surface area contributed by atoms with Crippen molar-refractivity contribution >= 4 is 0 Å². The number of pyridine rings is 1. The fraction of sp³-hybridized carbons (Fsp3) is 0.583. The minimum absolute atomic E-state index is 0.153. The van der Waals surface area contributed by atoms with Crippen LogP contribution in [0.15, 0.2) is 18.5 Å². The highest BCUT2D eigenvalue weighted by molar-refractivity contribution is 5.31. The van der Waals surface area contributed by atoms with E-state index in [-0.39, 0.29) is 17.4 Å². The van der Waals surface area contributed by atoms with Gasteiger partial charge in [-0.1, -0.05) is 6.92 Å². The first-order valence-corrected chi connectivity index (χ1v) is 5.60. The number of aliphatic hydroxyl groups is 1. The first-order chi connectivity index (χ1) is 7.91. The van der Waals surface area contributed by atoms with E-state index in [4.69, 9.17) is 0 Å². The molecule has 17 heavy (non-hydrogen) atoms. The summed E-state index contributed by atoms with van der Waals surface area (Å²) in [5, 5.41) is 9.62. The van der Waals surface area contributed by atoms with Crippen molar-refractivity contribution < 1.29 is 18.3 Å². The summed E-state index contributed by atoms with van der Waals surface area (Å²) in [5.74, 6) is -0.407.